The van der Waals surface area contributed by atoms with Crippen molar-refractivity contribution >= 4 is 23.2 Å². The molecule has 0 heterocycles. The first-order chi connectivity index (χ1) is 10.7. The molecule has 1 nitrogen and oxygen atoms in total. The largest absolute Gasteiger partial charge is 0.313 e. The molecule has 0 radical (unpaired) electrons. The molecule has 0 atom stereocenters. The third kappa shape index (κ3) is 9.71. The van der Waals surface area contributed by atoms with E-state index in [0.29, 0.717) is 5.02 Å². The quantitative estimate of drug-likeness (QED) is 0.380. The number of halogens is 2. The first-order valence-corrected chi connectivity index (χ1v) is 9.64. The average molecular weight is 344 g/mol. The van der Waals surface area contributed by atoms with Crippen LogP contribution in [-0.2, 0) is 6.54 Å². The van der Waals surface area contributed by atoms with Gasteiger partial charge < -0.3 is 5.32 Å². The summed E-state index contributed by atoms with van der Waals surface area (Å²) in [5.41, 5.74) is 1.12. The van der Waals surface area contributed by atoms with E-state index in [1.54, 1.807) is 6.07 Å². The fourth-order valence-electron chi connectivity index (χ4n) is 2.63. The Kier molecular flexibility index (Phi) is 11.9. The van der Waals surface area contributed by atoms with Crippen LogP contribution in [0.4, 0.5) is 0 Å². The van der Waals surface area contributed by atoms with Crippen molar-refractivity contribution in [1.29, 1.82) is 0 Å². The Hall–Kier alpha value is -0.240. The zero-order valence-electron chi connectivity index (χ0n) is 14.0. The number of unbranched alkanes of at least 4 members (excludes halogenated alkanes) is 9. The van der Waals surface area contributed by atoms with Crippen LogP contribution in [0.15, 0.2) is 18.2 Å². The van der Waals surface area contributed by atoms with E-state index in [0.717, 1.165) is 23.7 Å². The SMILES string of the molecule is CCCCCCCCCCCCNCc1ccc(Cl)cc1Cl. The van der Waals surface area contributed by atoms with Gasteiger partial charge in [0.05, 0.1) is 0 Å². The minimum absolute atomic E-state index is 0.698. The number of rotatable bonds is 13. The van der Waals surface area contributed by atoms with Gasteiger partial charge in [0.25, 0.3) is 0 Å². The van der Waals surface area contributed by atoms with E-state index in [4.69, 9.17) is 23.2 Å². The topological polar surface area (TPSA) is 12.0 Å². The minimum atomic E-state index is 0.698. The summed E-state index contributed by atoms with van der Waals surface area (Å²) < 4.78 is 0. The van der Waals surface area contributed by atoms with Crippen LogP contribution >= 0.6 is 23.2 Å². The molecule has 0 aliphatic heterocycles. The summed E-state index contributed by atoms with van der Waals surface area (Å²) in [6, 6.07) is 5.70. The van der Waals surface area contributed by atoms with Crippen LogP contribution in [0.3, 0.4) is 0 Å². The van der Waals surface area contributed by atoms with Gasteiger partial charge in [-0.2, -0.15) is 0 Å². The summed E-state index contributed by atoms with van der Waals surface area (Å²) in [7, 11) is 0. The van der Waals surface area contributed by atoms with Crippen LogP contribution in [0.5, 0.6) is 0 Å². The van der Waals surface area contributed by atoms with Gasteiger partial charge in [-0.15, -0.1) is 0 Å². The molecule has 126 valence electrons. The van der Waals surface area contributed by atoms with Crippen LogP contribution in [0.25, 0.3) is 0 Å². The number of hydrogen-bond donors (Lipinski definition) is 1. The van der Waals surface area contributed by atoms with E-state index in [1.165, 1.54) is 64.2 Å². The van der Waals surface area contributed by atoms with Gasteiger partial charge >= 0.3 is 0 Å². The summed E-state index contributed by atoms with van der Waals surface area (Å²) in [4.78, 5) is 0. The van der Waals surface area contributed by atoms with Crippen LogP contribution in [0.1, 0.15) is 76.7 Å². The summed E-state index contributed by atoms with van der Waals surface area (Å²) >= 11 is 12.0. The second-order valence-electron chi connectivity index (χ2n) is 6.09. The zero-order chi connectivity index (χ0) is 16.0. The highest BCUT2D eigenvalue weighted by Gasteiger charge is 2.00. The molecule has 0 saturated heterocycles. The molecule has 0 aliphatic rings. The van der Waals surface area contributed by atoms with Crippen LogP contribution < -0.4 is 5.32 Å². The van der Waals surface area contributed by atoms with Gasteiger partial charge in [0.1, 0.15) is 0 Å². The molecule has 3 heteroatoms. The first-order valence-electron chi connectivity index (χ1n) is 8.88. The molecular weight excluding hydrogens is 313 g/mol. The molecular formula is C19H31Cl2N. The van der Waals surface area contributed by atoms with Crippen molar-refractivity contribution in [3.8, 4) is 0 Å². The molecule has 1 rings (SSSR count). The Morgan fingerprint density at radius 2 is 1.41 bits per heavy atom. The minimum Gasteiger partial charge on any atom is -0.313 e. The van der Waals surface area contributed by atoms with E-state index < -0.39 is 0 Å². The molecule has 0 bridgehead atoms. The predicted molar refractivity (Wildman–Crippen MR) is 100 cm³/mol. The van der Waals surface area contributed by atoms with Crippen LogP contribution in [0.2, 0.25) is 10.0 Å². The Bertz CT molecular complexity index is 393. The van der Waals surface area contributed by atoms with Crippen molar-refractivity contribution in [2.45, 2.75) is 77.7 Å². The molecule has 22 heavy (non-hydrogen) atoms. The first kappa shape index (κ1) is 19.8. The number of benzene rings is 1. The van der Waals surface area contributed by atoms with Crippen molar-refractivity contribution in [3.63, 3.8) is 0 Å². The van der Waals surface area contributed by atoms with Gasteiger partial charge in [-0.25, -0.2) is 0 Å². The molecule has 0 aliphatic carbocycles. The van der Waals surface area contributed by atoms with Crippen molar-refractivity contribution in [3.05, 3.63) is 33.8 Å². The average Bonchev–Trinajstić information content (AvgIpc) is 2.50. The number of hydrogen-bond acceptors (Lipinski definition) is 1. The highest BCUT2D eigenvalue weighted by atomic mass is 35.5. The Balaban J connectivity index is 1.89. The monoisotopic (exact) mass is 343 g/mol. The third-order valence-corrected chi connectivity index (χ3v) is 4.62. The normalized spacial score (nSPS) is 11.0. The summed E-state index contributed by atoms with van der Waals surface area (Å²) in [5, 5.41) is 4.91. The van der Waals surface area contributed by atoms with Crippen LogP contribution in [-0.4, -0.2) is 6.54 Å². The fourth-order valence-corrected chi connectivity index (χ4v) is 3.10. The van der Waals surface area contributed by atoms with Gasteiger partial charge in [0.15, 0.2) is 0 Å². The summed E-state index contributed by atoms with van der Waals surface area (Å²) in [6.07, 6.45) is 13.8. The summed E-state index contributed by atoms with van der Waals surface area (Å²) in [6.45, 7) is 4.16. The van der Waals surface area contributed by atoms with Crippen LogP contribution in [0, 0.1) is 0 Å². The standard InChI is InChI=1S/C19H31Cl2N/c1-2-3-4-5-6-7-8-9-10-11-14-22-16-17-12-13-18(20)15-19(17)21/h12-13,15,22H,2-11,14,16H2,1H3. The molecule has 1 aromatic carbocycles. The van der Waals surface area contributed by atoms with E-state index in [9.17, 15) is 0 Å². The highest BCUT2D eigenvalue weighted by molar-refractivity contribution is 6.35. The molecule has 0 amide bonds. The van der Waals surface area contributed by atoms with Gasteiger partial charge in [0, 0.05) is 16.6 Å². The summed E-state index contributed by atoms with van der Waals surface area (Å²) in [5.74, 6) is 0. The van der Waals surface area contributed by atoms with Gasteiger partial charge in [-0.3, -0.25) is 0 Å². The second-order valence-corrected chi connectivity index (χ2v) is 6.94. The smallest absolute Gasteiger partial charge is 0.0465 e. The Morgan fingerprint density at radius 1 is 0.818 bits per heavy atom. The molecule has 0 unspecified atom stereocenters. The van der Waals surface area contributed by atoms with Crippen molar-refractivity contribution < 1.29 is 0 Å². The molecule has 1 aromatic rings. The molecule has 0 fully saturated rings. The van der Waals surface area contributed by atoms with E-state index in [1.807, 2.05) is 12.1 Å². The Morgan fingerprint density at radius 3 is 2.00 bits per heavy atom. The fraction of sp³-hybridized carbons (Fsp3) is 0.684. The molecule has 1 N–H and O–H groups in total. The van der Waals surface area contributed by atoms with Crippen molar-refractivity contribution in [1.82, 2.24) is 5.32 Å². The lowest BCUT2D eigenvalue weighted by molar-refractivity contribution is 0.543. The van der Waals surface area contributed by atoms with Crippen molar-refractivity contribution in [2.24, 2.45) is 0 Å². The maximum atomic E-state index is 6.15. The lowest BCUT2D eigenvalue weighted by atomic mass is 10.1. The molecule has 0 saturated carbocycles. The maximum Gasteiger partial charge on any atom is 0.0465 e. The molecule has 0 spiro atoms. The number of nitrogens with one attached hydrogen (secondary N) is 1. The Labute approximate surface area is 146 Å². The van der Waals surface area contributed by atoms with Gasteiger partial charge in [-0.1, -0.05) is 94.0 Å². The highest BCUT2D eigenvalue weighted by Crippen LogP contribution is 2.20. The van der Waals surface area contributed by atoms with E-state index in [-0.39, 0.29) is 0 Å². The third-order valence-electron chi connectivity index (χ3n) is 4.04. The predicted octanol–water partition coefficient (Wildman–Crippen LogP) is 7.00. The van der Waals surface area contributed by atoms with Gasteiger partial charge in [0.2, 0.25) is 0 Å². The molecule has 0 aromatic heterocycles. The van der Waals surface area contributed by atoms with E-state index in [2.05, 4.69) is 12.2 Å². The van der Waals surface area contributed by atoms with E-state index >= 15 is 0 Å². The zero-order valence-corrected chi connectivity index (χ0v) is 15.5. The lowest BCUT2D eigenvalue weighted by Gasteiger charge is -2.07. The lowest BCUT2D eigenvalue weighted by Crippen LogP contribution is -2.14. The second kappa shape index (κ2) is 13.2. The maximum absolute atomic E-state index is 6.15. The van der Waals surface area contributed by atoms with Crippen molar-refractivity contribution in [2.75, 3.05) is 6.54 Å². The van der Waals surface area contributed by atoms with Gasteiger partial charge in [-0.05, 0) is 30.7 Å².